The predicted octanol–water partition coefficient (Wildman–Crippen LogP) is 4.02. The Morgan fingerprint density at radius 3 is 2.61 bits per heavy atom. The molecule has 2 aromatic heterocycles. The van der Waals surface area contributed by atoms with Crippen LogP contribution in [0.25, 0.3) is 0 Å². The summed E-state index contributed by atoms with van der Waals surface area (Å²) in [5.74, 6) is 0.422. The largest absolute Gasteiger partial charge is 0.495 e. The molecule has 1 aliphatic rings. The van der Waals surface area contributed by atoms with Crippen LogP contribution in [-0.4, -0.2) is 36.4 Å². The molecule has 1 saturated heterocycles. The summed E-state index contributed by atoms with van der Waals surface area (Å²) in [6, 6.07) is 15.1. The lowest BCUT2D eigenvalue weighted by atomic mass is 10.0. The van der Waals surface area contributed by atoms with Crippen LogP contribution < -0.4 is 19.7 Å². The Morgan fingerprint density at radius 1 is 1.18 bits per heavy atom. The van der Waals surface area contributed by atoms with Gasteiger partial charge >= 0.3 is 0 Å². The van der Waals surface area contributed by atoms with Gasteiger partial charge in [-0.05, 0) is 68.5 Å². The highest BCUT2D eigenvalue weighted by atomic mass is 32.2. The lowest BCUT2D eigenvalue weighted by Crippen LogP contribution is -2.30. The summed E-state index contributed by atoms with van der Waals surface area (Å²) >= 11 is 5.78. The molecule has 0 amide bonds. The number of methoxy groups -OCH3 is 1. The average Bonchev–Trinajstić information content (AvgIpc) is 3.37. The fraction of sp³-hybridized carbons (Fsp3) is 0.304. The standard InChI is InChI=1S/C23H27N5O3S2/c1-15(2)27-13-7-9-19(27)22-21(17-8-5-6-12-24-17)25-23(32)28(22)16-10-11-20(31-3)18(14-16)26-33(4,29)30/h5-15,21-22,26H,1-4H3,(H,25,32)/t21-,22-/m0/s1. The Hall–Kier alpha value is -3.11. The van der Waals surface area contributed by atoms with E-state index in [4.69, 9.17) is 17.0 Å². The summed E-state index contributed by atoms with van der Waals surface area (Å²) in [5, 5.41) is 3.96. The van der Waals surface area contributed by atoms with E-state index in [2.05, 4.69) is 45.7 Å². The first-order valence-corrected chi connectivity index (χ1v) is 12.8. The molecule has 2 N–H and O–H groups in total. The Morgan fingerprint density at radius 2 is 1.97 bits per heavy atom. The minimum Gasteiger partial charge on any atom is -0.495 e. The lowest BCUT2D eigenvalue weighted by Gasteiger charge is -2.30. The van der Waals surface area contributed by atoms with Crippen LogP contribution in [0.3, 0.4) is 0 Å². The van der Waals surface area contributed by atoms with Crippen molar-refractivity contribution < 1.29 is 13.2 Å². The highest BCUT2D eigenvalue weighted by Crippen LogP contribution is 2.43. The van der Waals surface area contributed by atoms with Crippen LogP contribution in [-0.2, 0) is 10.0 Å². The number of benzene rings is 1. The van der Waals surface area contributed by atoms with Gasteiger partial charge in [-0.15, -0.1) is 0 Å². The van der Waals surface area contributed by atoms with Crippen LogP contribution in [0.15, 0.2) is 60.9 Å². The third kappa shape index (κ3) is 4.67. The molecule has 2 atom stereocenters. The summed E-state index contributed by atoms with van der Waals surface area (Å²) in [4.78, 5) is 6.59. The number of ether oxygens (including phenoxy) is 1. The number of hydrogen-bond donors (Lipinski definition) is 2. The van der Waals surface area contributed by atoms with Gasteiger partial charge in [0.05, 0.1) is 30.8 Å². The number of nitrogens with zero attached hydrogens (tertiary/aromatic N) is 3. The normalized spacial score (nSPS) is 18.5. The highest BCUT2D eigenvalue weighted by Gasteiger charge is 2.42. The average molecular weight is 486 g/mol. The van der Waals surface area contributed by atoms with E-state index in [0.717, 1.165) is 23.3 Å². The molecule has 1 fully saturated rings. The third-order valence-corrected chi connectivity index (χ3v) is 6.43. The number of hydrogen-bond acceptors (Lipinski definition) is 5. The molecule has 4 rings (SSSR count). The van der Waals surface area contributed by atoms with Gasteiger partial charge in [-0.2, -0.15) is 0 Å². The van der Waals surface area contributed by atoms with Gasteiger partial charge in [0.1, 0.15) is 11.8 Å². The highest BCUT2D eigenvalue weighted by molar-refractivity contribution is 7.92. The second-order valence-electron chi connectivity index (χ2n) is 8.19. The maximum absolute atomic E-state index is 11.9. The van der Waals surface area contributed by atoms with E-state index in [1.54, 1.807) is 18.3 Å². The van der Waals surface area contributed by atoms with E-state index in [9.17, 15) is 8.42 Å². The monoisotopic (exact) mass is 485 g/mol. The van der Waals surface area contributed by atoms with Crippen molar-refractivity contribution in [2.75, 3.05) is 23.0 Å². The van der Waals surface area contributed by atoms with Crippen LogP contribution in [0.4, 0.5) is 11.4 Å². The quantitative estimate of drug-likeness (QED) is 0.489. The molecule has 0 spiro atoms. The van der Waals surface area contributed by atoms with Gasteiger partial charge < -0.3 is 19.5 Å². The van der Waals surface area contributed by atoms with Gasteiger partial charge in [0.25, 0.3) is 0 Å². The van der Waals surface area contributed by atoms with Crippen molar-refractivity contribution in [3.63, 3.8) is 0 Å². The maximum Gasteiger partial charge on any atom is 0.229 e. The zero-order valence-corrected chi connectivity index (χ0v) is 20.5. The van der Waals surface area contributed by atoms with Gasteiger partial charge in [-0.25, -0.2) is 8.42 Å². The van der Waals surface area contributed by atoms with Crippen molar-refractivity contribution in [3.05, 3.63) is 72.3 Å². The minimum atomic E-state index is -3.50. The molecular formula is C23H27N5O3S2. The molecule has 33 heavy (non-hydrogen) atoms. The summed E-state index contributed by atoms with van der Waals surface area (Å²) in [6.45, 7) is 4.26. The summed E-state index contributed by atoms with van der Waals surface area (Å²) in [7, 11) is -2.00. The van der Waals surface area contributed by atoms with Gasteiger partial charge in [0, 0.05) is 29.8 Å². The van der Waals surface area contributed by atoms with E-state index in [0.29, 0.717) is 16.5 Å². The lowest BCUT2D eigenvalue weighted by molar-refractivity contribution is 0.417. The van der Waals surface area contributed by atoms with Crippen molar-refractivity contribution in [1.82, 2.24) is 14.9 Å². The zero-order chi connectivity index (χ0) is 23.8. The van der Waals surface area contributed by atoms with E-state index < -0.39 is 10.0 Å². The number of rotatable bonds is 7. The fourth-order valence-corrected chi connectivity index (χ4v) is 5.09. The molecule has 0 saturated carbocycles. The number of pyridine rings is 1. The Balaban J connectivity index is 1.86. The van der Waals surface area contributed by atoms with E-state index in [1.165, 1.54) is 7.11 Å². The van der Waals surface area contributed by atoms with Crippen molar-refractivity contribution in [2.45, 2.75) is 32.0 Å². The molecule has 10 heteroatoms. The number of anilines is 2. The van der Waals surface area contributed by atoms with Gasteiger partial charge in [0.15, 0.2) is 5.11 Å². The SMILES string of the molecule is COc1ccc(N2C(=S)N[C@@H](c3ccccn3)[C@@H]2c2cccn2C(C)C)cc1NS(C)(=O)=O. The predicted molar refractivity (Wildman–Crippen MR) is 134 cm³/mol. The molecular weight excluding hydrogens is 458 g/mol. The van der Waals surface area contributed by atoms with Crippen LogP contribution in [0.2, 0.25) is 0 Å². The van der Waals surface area contributed by atoms with Crippen LogP contribution in [0, 0.1) is 0 Å². The molecule has 8 nitrogen and oxygen atoms in total. The summed E-state index contributed by atoms with van der Waals surface area (Å²) < 4.78 is 34.0. The molecule has 1 aromatic carbocycles. The van der Waals surface area contributed by atoms with E-state index >= 15 is 0 Å². The van der Waals surface area contributed by atoms with Gasteiger partial charge in [-0.3, -0.25) is 9.71 Å². The Bertz CT molecular complexity index is 1260. The number of nitrogens with one attached hydrogen (secondary N) is 2. The number of sulfonamides is 1. The molecule has 0 radical (unpaired) electrons. The fourth-order valence-electron chi connectivity index (χ4n) is 4.19. The van der Waals surface area contributed by atoms with Crippen LogP contribution in [0.1, 0.15) is 43.4 Å². The number of aromatic nitrogens is 2. The zero-order valence-electron chi connectivity index (χ0n) is 18.9. The third-order valence-electron chi connectivity index (χ3n) is 5.53. The second kappa shape index (κ2) is 9.03. The molecule has 0 aliphatic carbocycles. The van der Waals surface area contributed by atoms with Crippen molar-refractivity contribution in [2.24, 2.45) is 0 Å². The minimum absolute atomic E-state index is 0.195. The van der Waals surface area contributed by atoms with Crippen molar-refractivity contribution in [1.29, 1.82) is 0 Å². The first-order chi connectivity index (χ1) is 15.7. The van der Waals surface area contributed by atoms with Gasteiger partial charge in [0.2, 0.25) is 10.0 Å². The molecule has 3 heterocycles. The van der Waals surface area contributed by atoms with Crippen molar-refractivity contribution in [3.8, 4) is 5.75 Å². The molecule has 0 unspecified atom stereocenters. The van der Waals surface area contributed by atoms with Crippen LogP contribution >= 0.6 is 12.2 Å². The molecule has 1 aliphatic heterocycles. The van der Waals surface area contributed by atoms with E-state index in [1.807, 2.05) is 35.2 Å². The molecule has 3 aromatic rings. The van der Waals surface area contributed by atoms with E-state index in [-0.39, 0.29) is 18.1 Å². The summed E-state index contributed by atoms with van der Waals surface area (Å²) in [5.41, 5.74) is 3.02. The Labute approximate surface area is 199 Å². The van der Waals surface area contributed by atoms with Crippen LogP contribution in [0.5, 0.6) is 5.75 Å². The first-order valence-electron chi connectivity index (χ1n) is 10.5. The second-order valence-corrected chi connectivity index (χ2v) is 10.3. The van der Waals surface area contributed by atoms with Crippen molar-refractivity contribution >= 4 is 38.7 Å². The smallest absolute Gasteiger partial charge is 0.229 e. The summed E-state index contributed by atoms with van der Waals surface area (Å²) in [6.07, 6.45) is 4.93. The van der Waals surface area contributed by atoms with Gasteiger partial charge in [-0.1, -0.05) is 6.07 Å². The Kier molecular flexibility index (Phi) is 6.31. The topological polar surface area (TPSA) is 88.5 Å². The first kappa shape index (κ1) is 23.1. The molecule has 174 valence electrons. The maximum atomic E-state index is 11.9. The molecule has 0 bridgehead atoms. The number of thiocarbonyl (C=S) groups is 1.